The molecule has 2 atom stereocenters. The van der Waals surface area contributed by atoms with E-state index < -0.39 is 6.04 Å². The van der Waals surface area contributed by atoms with E-state index in [0.29, 0.717) is 6.54 Å². The Morgan fingerprint density at radius 1 is 0.964 bits per heavy atom. The zero-order valence-corrected chi connectivity index (χ0v) is 17.7. The minimum absolute atomic E-state index is 0.0427. The van der Waals surface area contributed by atoms with Gasteiger partial charge in [-0.1, -0.05) is 55.5 Å². The molecule has 150 valence electrons. The van der Waals surface area contributed by atoms with E-state index in [2.05, 4.69) is 18.3 Å². The third-order valence-electron chi connectivity index (χ3n) is 5.29. The van der Waals surface area contributed by atoms with Crippen LogP contribution >= 0.6 is 0 Å². The smallest absolute Gasteiger partial charge is 0.242 e. The Morgan fingerprint density at radius 3 is 2.25 bits per heavy atom. The first-order chi connectivity index (χ1) is 13.3. The van der Waals surface area contributed by atoms with Crippen molar-refractivity contribution in [2.75, 3.05) is 0 Å². The molecule has 0 aliphatic rings. The number of rotatable bonds is 8. The van der Waals surface area contributed by atoms with Crippen molar-refractivity contribution < 1.29 is 9.59 Å². The van der Waals surface area contributed by atoms with Crippen molar-refractivity contribution in [3.05, 3.63) is 70.8 Å². The molecular weight excluding hydrogens is 348 g/mol. The van der Waals surface area contributed by atoms with Crippen LogP contribution in [0.1, 0.15) is 49.4 Å². The molecule has 2 aromatic carbocycles. The molecule has 0 aliphatic carbocycles. The van der Waals surface area contributed by atoms with Crippen LogP contribution in [0.25, 0.3) is 0 Å². The molecule has 0 radical (unpaired) electrons. The first kappa shape index (κ1) is 21.7. The van der Waals surface area contributed by atoms with Gasteiger partial charge < -0.3 is 10.2 Å². The zero-order valence-electron chi connectivity index (χ0n) is 17.7. The summed E-state index contributed by atoms with van der Waals surface area (Å²) >= 11 is 0. The Morgan fingerprint density at radius 2 is 1.64 bits per heavy atom. The summed E-state index contributed by atoms with van der Waals surface area (Å²) in [5, 5.41) is 3.00. The van der Waals surface area contributed by atoms with Crippen molar-refractivity contribution in [2.45, 2.75) is 66.1 Å². The van der Waals surface area contributed by atoms with E-state index in [-0.39, 0.29) is 24.3 Å². The van der Waals surface area contributed by atoms with Crippen molar-refractivity contribution >= 4 is 11.8 Å². The molecule has 0 aromatic heterocycles. The van der Waals surface area contributed by atoms with Gasteiger partial charge in [-0.05, 0) is 56.4 Å². The van der Waals surface area contributed by atoms with E-state index in [1.807, 2.05) is 63.2 Å². The summed E-state index contributed by atoms with van der Waals surface area (Å²) in [5.74, 6) is -0.155. The number of carbonyl (C=O) groups excluding carboxylic acids is 2. The molecule has 28 heavy (non-hydrogen) atoms. The molecule has 0 aliphatic heterocycles. The summed E-state index contributed by atoms with van der Waals surface area (Å²) in [6.45, 7) is 10.3. The van der Waals surface area contributed by atoms with E-state index >= 15 is 0 Å². The van der Waals surface area contributed by atoms with Crippen LogP contribution in [0, 0.1) is 13.8 Å². The maximum absolute atomic E-state index is 13.2. The van der Waals surface area contributed by atoms with Crippen LogP contribution in [0.5, 0.6) is 0 Å². The molecule has 0 spiro atoms. The molecule has 2 aromatic rings. The Labute approximate surface area is 169 Å². The van der Waals surface area contributed by atoms with E-state index in [9.17, 15) is 9.59 Å². The molecule has 0 bridgehead atoms. The third kappa shape index (κ3) is 5.95. The van der Waals surface area contributed by atoms with Crippen molar-refractivity contribution in [3.63, 3.8) is 0 Å². The number of benzene rings is 2. The van der Waals surface area contributed by atoms with Gasteiger partial charge in [0.2, 0.25) is 11.8 Å². The highest BCUT2D eigenvalue weighted by Crippen LogP contribution is 2.15. The average Bonchev–Trinajstić information content (AvgIpc) is 2.69. The van der Waals surface area contributed by atoms with Gasteiger partial charge in [0.1, 0.15) is 6.04 Å². The van der Waals surface area contributed by atoms with Gasteiger partial charge in [-0.3, -0.25) is 9.59 Å². The Balaban J connectivity index is 2.21. The summed E-state index contributed by atoms with van der Waals surface area (Å²) in [5.41, 5.74) is 4.36. The molecule has 0 saturated heterocycles. The fourth-order valence-corrected chi connectivity index (χ4v) is 3.02. The molecule has 0 heterocycles. The number of nitrogens with one attached hydrogen (secondary N) is 1. The van der Waals surface area contributed by atoms with Crippen molar-refractivity contribution in [1.82, 2.24) is 10.2 Å². The van der Waals surface area contributed by atoms with Gasteiger partial charge in [0, 0.05) is 12.6 Å². The summed E-state index contributed by atoms with van der Waals surface area (Å²) in [6, 6.07) is 15.4. The standard InChI is InChI=1S/C24H32N2O2/c1-6-19(4)25-24(28)20(5)26(16-21-10-8-7-9-11-21)23(27)15-22-13-12-17(2)18(3)14-22/h7-14,19-20H,6,15-16H2,1-5H3,(H,25,28)/t19-,20+/m1/s1. The molecular formula is C24H32N2O2. The average molecular weight is 381 g/mol. The summed E-state index contributed by atoms with van der Waals surface area (Å²) in [7, 11) is 0. The molecule has 4 heteroatoms. The second kappa shape index (κ2) is 10.1. The number of aryl methyl sites for hydroxylation is 2. The van der Waals surface area contributed by atoms with E-state index in [0.717, 1.165) is 17.5 Å². The zero-order chi connectivity index (χ0) is 20.7. The van der Waals surface area contributed by atoms with Crippen LogP contribution in [-0.4, -0.2) is 28.8 Å². The Kier molecular flexibility index (Phi) is 7.80. The topological polar surface area (TPSA) is 49.4 Å². The van der Waals surface area contributed by atoms with Crippen LogP contribution in [0.2, 0.25) is 0 Å². The Bertz CT molecular complexity index is 802. The highest BCUT2D eigenvalue weighted by molar-refractivity contribution is 5.88. The van der Waals surface area contributed by atoms with Gasteiger partial charge in [0.25, 0.3) is 0 Å². The van der Waals surface area contributed by atoms with Crippen LogP contribution in [0.4, 0.5) is 0 Å². The second-order valence-corrected chi connectivity index (χ2v) is 7.60. The lowest BCUT2D eigenvalue weighted by Gasteiger charge is -2.30. The van der Waals surface area contributed by atoms with Gasteiger partial charge in [-0.25, -0.2) is 0 Å². The fraction of sp³-hybridized carbons (Fsp3) is 0.417. The number of carbonyl (C=O) groups is 2. The van der Waals surface area contributed by atoms with Crippen molar-refractivity contribution in [1.29, 1.82) is 0 Å². The van der Waals surface area contributed by atoms with Crippen LogP contribution < -0.4 is 5.32 Å². The SMILES string of the molecule is CC[C@@H](C)NC(=O)[C@H](C)N(Cc1ccccc1)C(=O)Cc1ccc(C)c(C)c1. The molecule has 1 N–H and O–H groups in total. The first-order valence-corrected chi connectivity index (χ1v) is 10.0. The predicted molar refractivity (Wildman–Crippen MR) is 114 cm³/mol. The first-order valence-electron chi connectivity index (χ1n) is 10.0. The van der Waals surface area contributed by atoms with E-state index in [4.69, 9.17) is 0 Å². The lowest BCUT2D eigenvalue weighted by atomic mass is 10.0. The quantitative estimate of drug-likeness (QED) is 0.747. The fourth-order valence-electron chi connectivity index (χ4n) is 3.02. The predicted octanol–water partition coefficient (Wildman–Crippen LogP) is 4.18. The number of nitrogens with zero attached hydrogens (tertiary/aromatic N) is 1. The van der Waals surface area contributed by atoms with Gasteiger partial charge in [0.05, 0.1) is 6.42 Å². The van der Waals surface area contributed by atoms with Crippen LogP contribution in [-0.2, 0) is 22.6 Å². The molecule has 2 amide bonds. The number of hydrogen-bond acceptors (Lipinski definition) is 2. The number of amides is 2. The summed E-state index contributed by atoms with van der Waals surface area (Å²) in [4.78, 5) is 27.5. The van der Waals surface area contributed by atoms with Crippen LogP contribution in [0.3, 0.4) is 0 Å². The van der Waals surface area contributed by atoms with E-state index in [1.54, 1.807) is 11.8 Å². The van der Waals surface area contributed by atoms with Gasteiger partial charge in [-0.15, -0.1) is 0 Å². The lowest BCUT2D eigenvalue weighted by molar-refractivity contribution is -0.140. The molecule has 0 fully saturated rings. The molecule has 0 saturated carbocycles. The number of hydrogen-bond donors (Lipinski definition) is 1. The lowest BCUT2D eigenvalue weighted by Crippen LogP contribution is -2.49. The van der Waals surface area contributed by atoms with Gasteiger partial charge >= 0.3 is 0 Å². The monoisotopic (exact) mass is 380 g/mol. The van der Waals surface area contributed by atoms with Gasteiger partial charge in [-0.2, -0.15) is 0 Å². The van der Waals surface area contributed by atoms with Crippen molar-refractivity contribution in [2.24, 2.45) is 0 Å². The highest BCUT2D eigenvalue weighted by Gasteiger charge is 2.26. The molecule has 2 rings (SSSR count). The molecule has 4 nitrogen and oxygen atoms in total. The van der Waals surface area contributed by atoms with Crippen molar-refractivity contribution in [3.8, 4) is 0 Å². The Hall–Kier alpha value is -2.62. The molecule has 0 unspecified atom stereocenters. The second-order valence-electron chi connectivity index (χ2n) is 7.60. The largest absolute Gasteiger partial charge is 0.352 e. The maximum atomic E-state index is 13.2. The maximum Gasteiger partial charge on any atom is 0.242 e. The normalized spacial score (nSPS) is 12.9. The van der Waals surface area contributed by atoms with E-state index in [1.165, 1.54) is 11.1 Å². The minimum atomic E-state index is -0.534. The van der Waals surface area contributed by atoms with Crippen LogP contribution in [0.15, 0.2) is 48.5 Å². The summed E-state index contributed by atoms with van der Waals surface area (Å²) < 4.78 is 0. The summed E-state index contributed by atoms with van der Waals surface area (Å²) in [6.07, 6.45) is 1.14. The highest BCUT2D eigenvalue weighted by atomic mass is 16.2. The minimum Gasteiger partial charge on any atom is -0.352 e. The van der Waals surface area contributed by atoms with Gasteiger partial charge in [0.15, 0.2) is 0 Å². The third-order valence-corrected chi connectivity index (χ3v) is 5.29.